The first-order valence-electron chi connectivity index (χ1n) is 7.40. The summed E-state index contributed by atoms with van der Waals surface area (Å²) < 4.78 is 13.0. The largest absolute Gasteiger partial charge is 0.385 e. The first-order chi connectivity index (χ1) is 10.2. The second-order valence-corrected chi connectivity index (χ2v) is 5.80. The second-order valence-electron chi connectivity index (χ2n) is 5.80. The molecule has 1 saturated heterocycles. The Morgan fingerprint density at radius 2 is 1.55 bits per heavy atom. The molecule has 0 amide bonds. The minimum Gasteiger partial charge on any atom is -0.385 e. The fraction of sp³-hybridized carbons (Fsp3) is 0.333. The van der Waals surface area contributed by atoms with Gasteiger partial charge in [-0.2, -0.15) is 0 Å². The van der Waals surface area contributed by atoms with Crippen LogP contribution in [0.5, 0.6) is 0 Å². The van der Waals surface area contributed by atoms with Crippen LogP contribution in [-0.4, -0.2) is 23.1 Å². The Kier molecular flexibility index (Phi) is 5.57. The average Bonchev–Trinajstić information content (AvgIpc) is 2.51. The molecule has 0 radical (unpaired) electrons. The average molecular weight is 322 g/mol. The van der Waals surface area contributed by atoms with E-state index >= 15 is 0 Å². The van der Waals surface area contributed by atoms with Gasteiger partial charge in [0.05, 0.1) is 5.60 Å². The molecular formula is C18H21ClFNO. The predicted octanol–water partition coefficient (Wildman–Crippen LogP) is 3.73. The van der Waals surface area contributed by atoms with Gasteiger partial charge in [0.2, 0.25) is 0 Å². The molecule has 2 aromatic carbocycles. The summed E-state index contributed by atoms with van der Waals surface area (Å²) in [5.41, 5.74) is 1.30. The second kappa shape index (κ2) is 7.23. The van der Waals surface area contributed by atoms with Gasteiger partial charge in [-0.3, -0.25) is 4.90 Å². The molecular weight excluding hydrogens is 301 g/mol. The van der Waals surface area contributed by atoms with Crippen molar-refractivity contribution in [2.24, 2.45) is 0 Å². The highest BCUT2D eigenvalue weighted by molar-refractivity contribution is 5.85. The minimum atomic E-state index is -0.819. The fourth-order valence-corrected chi connectivity index (χ4v) is 2.97. The first kappa shape index (κ1) is 16.9. The molecule has 0 atom stereocenters. The maximum absolute atomic E-state index is 13.0. The highest BCUT2D eigenvalue weighted by Gasteiger charge is 2.33. The molecule has 2 aromatic rings. The maximum atomic E-state index is 13.0. The summed E-state index contributed by atoms with van der Waals surface area (Å²) in [6, 6.07) is 16.6. The number of hydrogen-bond donors (Lipinski definition) is 1. The molecule has 1 aliphatic heterocycles. The lowest BCUT2D eigenvalue weighted by Gasteiger charge is -2.38. The Morgan fingerprint density at radius 1 is 0.955 bits per heavy atom. The smallest absolute Gasteiger partial charge is 0.123 e. The summed E-state index contributed by atoms with van der Waals surface area (Å²) in [5, 5.41) is 10.8. The number of piperidine rings is 1. The van der Waals surface area contributed by atoms with Crippen molar-refractivity contribution in [2.75, 3.05) is 13.1 Å². The lowest BCUT2D eigenvalue weighted by atomic mass is 9.84. The molecule has 22 heavy (non-hydrogen) atoms. The number of halogens is 2. The molecule has 0 unspecified atom stereocenters. The van der Waals surface area contributed by atoms with E-state index in [9.17, 15) is 9.50 Å². The number of benzene rings is 2. The zero-order valence-electron chi connectivity index (χ0n) is 12.4. The van der Waals surface area contributed by atoms with Crippen LogP contribution in [0.15, 0.2) is 54.6 Å². The molecule has 1 fully saturated rings. The Labute approximate surface area is 137 Å². The van der Waals surface area contributed by atoms with Crippen molar-refractivity contribution in [3.8, 4) is 0 Å². The summed E-state index contributed by atoms with van der Waals surface area (Å²) >= 11 is 0. The van der Waals surface area contributed by atoms with Gasteiger partial charge < -0.3 is 5.11 Å². The SMILES string of the molecule is Cl.OC1(c2ccc(F)cc2)CCN(Cc2ccccc2)CC1. The van der Waals surface area contributed by atoms with Crippen LogP contribution in [0.2, 0.25) is 0 Å². The topological polar surface area (TPSA) is 23.5 Å². The van der Waals surface area contributed by atoms with E-state index in [0.717, 1.165) is 25.2 Å². The minimum absolute atomic E-state index is 0. The quantitative estimate of drug-likeness (QED) is 0.931. The molecule has 1 N–H and O–H groups in total. The maximum Gasteiger partial charge on any atom is 0.123 e. The van der Waals surface area contributed by atoms with Gasteiger partial charge >= 0.3 is 0 Å². The molecule has 0 aromatic heterocycles. The lowest BCUT2D eigenvalue weighted by molar-refractivity contribution is -0.0277. The molecule has 0 bridgehead atoms. The van der Waals surface area contributed by atoms with E-state index in [1.165, 1.54) is 17.7 Å². The van der Waals surface area contributed by atoms with Crippen molar-refractivity contribution < 1.29 is 9.50 Å². The fourth-order valence-electron chi connectivity index (χ4n) is 2.97. The van der Waals surface area contributed by atoms with Gasteiger partial charge in [0, 0.05) is 19.6 Å². The predicted molar refractivity (Wildman–Crippen MR) is 88.5 cm³/mol. The summed E-state index contributed by atoms with van der Waals surface area (Å²) in [5.74, 6) is -0.260. The molecule has 3 rings (SSSR count). The van der Waals surface area contributed by atoms with Gasteiger partial charge in [0.25, 0.3) is 0 Å². The van der Waals surface area contributed by atoms with E-state index in [2.05, 4.69) is 17.0 Å². The van der Waals surface area contributed by atoms with Crippen molar-refractivity contribution in [2.45, 2.75) is 25.0 Å². The lowest BCUT2D eigenvalue weighted by Crippen LogP contribution is -2.42. The normalized spacial score (nSPS) is 17.7. The Morgan fingerprint density at radius 3 is 2.14 bits per heavy atom. The third-order valence-corrected chi connectivity index (χ3v) is 4.31. The molecule has 1 aliphatic rings. The highest BCUT2D eigenvalue weighted by atomic mass is 35.5. The Bertz CT molecular complexity index is 580. The van der Waals surface area contributed by atoms with Crippen molar-refractivity contribution in [3.63, 3.8) is 0 Å². The van der Waals surface area contributed by atoms with Crippen molar-refractivity contribution >= 4 is 12.4 Å². The Balaban J connectivity index is 0.00000176. The zero-order valence-corrected chi connectivity index (χ0v) is 13.2. The van der Waals surface area contributed by atoms with E-state index < -0.39 is 5.60 Å². The molecule has 118 valence electrons. The highest BCUT2D eigenvalue weighted by Crippen LogP contribution is 2.33. The third-order valence-electron chi connectivity index (χ3n) is 4.31. The van der Waals surface area contributed by atoms with E-state index in [1.807, 2.05) is 18.2 Å². The van der Waals surface area contributed by atoms with E-state index in [1.54, 1.807) is 12.1 Å². The molecule has 1 heterocycles. The van der Waals surface area contributed by atoms with Crippen molar-refractivity contribution in [3.05, 3.63) is 71.5 Å². The number of hydrogen-bond acceptors (Lipinski definition) is 2. The van der Waals surface area contributed by atoms with Gasteiger partial charge in [-0.25, -0.2) is 4.39 Å². The first-order valence-corrected chi connectivity index (χ1v) is 7.40. The van der Waals surface area contributed by atoms with Gasteiger partial charge in [-0.05, 0) is 36.1 Å². The van der Waals surface area contributed by atoms with Gasteiger partial charge in [-0.15, -0.1) is 12.4 Å². The van der Waals surface area contributed by atoms with Crippen LogP contribution in [0.25, 0.3) is 0 Å². The third kappa shape index (κ3) is 3.86. The van der Waals surface area contributed by atoms with Crippen LogP contribution < -0.4 is 0 Å². The van der Waals surface area contributed by atoms with Crippen molar-refractivity contribution in [1.29, 1.82) is 0 Å². The zero-order chi connectivity index (χ0) is 14.7. The van der Waals surface area contributed by atoms with Crippen LogP contribution >= 0.6 is 12.4 Å². The molecule has 4 heteroatoms. The standard InChI is InChI=1S/C18H20FNO.ClH/c19-17-8-6-16(7-9-17)18(21)10-12-20(13-11-18)14-15-4-2-1-3-5-15;/h1-9,21H,10-14H2;1H. The molecule has 0 aliphatic carbocycles. The molecule has 0 saturated carbocycles. The van der Waals surface area contributed by atoms with Crippen LogP contribution in [-0.2, 0) is 12.1 Å². The van der Waals surface area contributed by atoms with Crippen molar-refractivity contribution in [1.82, 2.24) is 4.90 Å². The number of rotatable bonds is 3. The number of aliphatic hydroxyl groups is 1. The summed E-state index contributed by atoms with van der Waals surface area (Å²) in [4.78, 5) is 2.35. The van der Waals surface area contributed by atoms with Crippen LogP contribution in [0.1, 0.15) is 24.0 Å². The summed E-state index contributed by atoms with van der Waals surface area (Å²) in [7, 11) is 0. The number of nitrogens with zero attached hydrogens (tertiary/aromatic N) is 1. The van der Waals surface area contributed by atoms with Crippen LogP contribution in [0, 0.1) is 5.82 Å². The van der Waals surface area contributed by atoms with E-state index in [0.29, 0.717) is 12.8 Å². The van der Waals surface area contributed by atoms with E-state index in [4.69, 9.17) is 0 Å². The van der Waals surface area contributed by atoms with Gasteiger partial charge in [0.1, 0.15) is 5.82 Å². The van der Waals surface area contributed by atoms with Gasteiger partial charge in [0.15, 0.2) is 0 Å². The summed E-state index contributed by atoms with van der Waals surface area (Å²) in [6.45, 7) is 2.62. The van der Waals surface area contributed by atoms with Crippen LogP contribution in [0.4, 0.5) is 4.39 Å². The van der Waals surface area contributed by atoms with Gasteiger partial charge in [-0.1, -0.05) is 42.5 Å². The monoisotopic (exact) mass is 321 g/mol. The van der Waals surface area contributed by atoms with E-state index in [-0.39, 0.29) is 18.2 Å². The molecule has 2 nitrogen and oxygen atoms in total. The molecule has 0 spiro atoms. The van der Waals surface area contributed by atoms with Crippen LogP contribution in [0.3, 0.4) is 0 Å². The summed E-state index contributed by atoms with van der Waals surface area (Å²) in [6.07, 6.45) is 1.37. The Hall–Kier alpha value is -1.42. The number of likely N-dealkylation sites (tertiary alicyclic amines) is 1.